The van der Waals surface area contributed by atoms with Crippen molar-refractivity contribution < 1.29 is 19.1 Å². The van der Waals surface area contributed by atoms with Crippen LogP contribution in [-0.2, 0) is 4.79 Å². The van der Waals surface area contributed by atoms with Gasteiger partial charge in [0.25, 0.3) is 11.8 Å². The number of aromatic nitrogens is 3. The van der Waals surface area contributed by atoms with Gasteiger partial charge in [0.1, 0.15) is 18.7 Å². The third-order valence-electron chi connectivity index (χ3n) is 4.90. The van der Waals surface area contributed by atoms with Crippen LogP contribution in [0, 0.1) is 0 Å². The summed E-state index contributed by atoms with van der Waals surface area (Å²) in [5.41, 5.74) is 1.31. The minimum atomic E-state index is -0.321. The lowest BCUT2D eigenvalue weighted by Crippen LogP contribution is -2.43. The van der Waals surface area contributed by atoms with E-state index in [4.69, 9.17) is 16.3 Å². The number of hydrogen-bond donors (Lipinski definition) is 2. The molecule has 3 heterocycles. The van der Waals surface area contributed by atoms with E-state index in [1.807, 2.05) is 0 Å². The molecule has 2 N–H and O–H groups in total. The van der Waals surface area contributed by atoms with Crippen molar-refractivity contribution in [1.82, 2.24) is 30.1 Å². The third kappa shape index (κ3) is 4.97. The van der Waals surface area contributed by atoms with Crippen molar-refractivity contribution in [3.05, 3.63) is 59.0 Å². The summed E-state index contributed by atoms with van der Waals surface area (Å²) in [7, 11) is 0. The van der Waals surface area contributed by atoms with Gasteiger partial charge in [0.05, 0.1) is 24.2 Å². The Labute approximate surface area is 188 Å². The van der Waals surface area contributed by atoms with Gasteiger partial charge in [-0.2, -0.15) is 5.10 Å². The first-order valence-corrected chi connectivity index (χ1v) is 10.4. The summed E-state index contributed by atoms with van der Waals surface area (Å²) in [6, 6.07) is 8.12. The summed E-state index contributed by atoms with van der Waals surface area (Å²) < 4.78 is 7.15. The van der Waals surface area contributed by atoms with Crippen molar-refractivity contribution in [2.75, 3.05) is 32.8 Å². The highest BCUT2D eigenvalue weighted by Gasteiger charge is 2.20. The predicted octanol–water partition coefficient (Wildman–Crippen LogP) is 1.15. The maximum absolute atomic E-state index is 13.1. The van der Waals surface area contributed by atoms with E-state index < -0.39 is 0 Å². The first-order valence-electron chi connectivity index (χ1n) is 10.1. The Balaban J connectivity index is 1.50. The number of ether oxygens (including phenoxy) is 1. The van der Waals surface area contributed by atoms with Crippen LogP contribution in [0.15, 0.2) is 42.9 Å². The van der Waals surface area contributed by atoms with Gasteiger partial charge in [-0.15, -0.1) is 0 Å². The van der Waals surface area contributed by atoms with Crippen molar-refractivity contribution in [2.45, 2.75) is 6.42 Å². The standard InChI is InChI=1S/C21H21ClN6O4/c22-15-3-4-17-16(10-15)20(30)24-6-1-8-27(12-19(29)23-7-9-32-17)21(31)14-2-5-18-25-13-26-28(18)11-14/h2-5,10-11,13H,1,6-9,12H2,(H,23,29)(H,24,30). The molecular formula is C21H21ClN6O4. The number of pyridine rings is 1. The second-order valence-corrected chi connectivity index (χ2v) is 7.59. The van der Waals surface area contributed by atoms with Crippen molar-refractivity contribution in [2.24, 2.45) is 0 Å². The van der Waals surface area contributed by atoms with Crippen molar-refractivity contribution >= 4 is 35.0 Å². The van der Waals surface area contributed by atoms with Crippen molar-refractivity contribution in [3.63, 3.8) is 0 Å². The molecule has 166 valence electrons. The second-order valence-electron chi connectivity index (χ2n) is 7.16. The van der Waals surface area contributed by atoms with E-state index in [2.05, 4.69) is 20.7 Å². The predicted molar refractivity (Wildman–Crippen MR) is 116 cm³/mol. The maximum atomic E-state index is 13.1. The van der Waals surface area contributed by atoms with Crippen LogP contribution in [0.2, 0.25) is 5.02 Å². The Kier molecular flexibility index (Phi) is 6.50. The van der Waals surface area contributed by atoms with Gasteiger partial charge in [0.15, 0.2) is 5.65 Å². The summed E-state index contributed by atoms with van der Waals surface area (Å²) in [6.45, 7) is 0.841. The SMILES string of the molecule is O=C1CN(C(=O)c2ccc3ncnn3c2)CCCNC(=O)c2cc(Cl)ccc2OCCN1. The minimum absolute atomic E-state index is 0.117. The highest BCUT2D eigenvalue weighted by Crippen LogP contribution is 2.23. The summed E-state index contributed by atoms with van der Waals surface area (Å²) in [5, 5.41) is 10.0. The van der Waals surface area contributed by atoms with Crippen LogP contribution >= 0.6 is 11.6 Å². The fourth-order valence-corrected chi connectivity index (χ4v) is 3.50. The average molecular weight is 457 g/mol. The van der Waals surface area contributed by atoms with Crippen LogP contribution in [0.25, 0.3) is 5.65 Å². The van der Waals surface area contributed by atoms with E-state index in [0.717, 1.165) is 0 Å². The number of hydrogen-bond acceptors (Lipinski definition) is 6. The van der Waals surface area contributed by atoms with Gasteiger partial charge in [-0.05, 0) is 36.8 Å². The molecule has 0 spiro atoms. The van der Waals surface area contributed by atoms with E-state index in [9.17, 15) is 14.4 Å². The number of rotatable bonds is 1. The van der Waals surface area contributed by atoms with Crippen molar-refractivity contribution in [1.29, 1.82) is 0 Å². The number of halogens is 1. The highest BCUT2D eigenvalue weighted by molar-refractivity contribution is 6.31. The molecule has 0 fully saturated rings. The van der Waals surface area contributed by atoms with Crippen molar-refractivity contribution in [3.8, 4) is 5.75 Å². The molecule has 10 nitrogen and oxygen atoms in total. The van der Waals surface area contributed by atoms with Crippen LogP contribution in [0.4, 0.5) is 0 Å². The Hall–Kier alpha value is -3.66. The van der Waals surface area contributed by atoms with Crippen LogP contribution in [-0.4, -0.2) is 70.0 Å². The van der Waals surface area contributed by atoms with E-state index in [1.165, 1.54) is 21.8 Å². The summed E-state index contributed by atoms with van der Waals surface area (Å²) in [5.74, 6) is -0.554. The molecule has 1 aromatic carbocycles. The fraction of sp³-hybridized carbons (Fsp3) is 0.286. The first-order chi connectivity index (χ1) is 15.5. The van der Waals surface area contributed by atoms with E-state index in [1.54, 1.807) is 30.5 Å². The van der Waals surface area contributed by atoms with Crippen LogP contribution < -0.4 is 15.4 Å². The molecule has 3 aromatic rings. The van der Waals surface area contributed by atoms with Gasteiger partial charge in [-0.1, -0.05) is 11.6 Å². The average Bonchev–Trinajstić information content (AvgIpc) is 3.26. The molecule has 0 saturated carbocycles. The lowest BCUT2D eigenvalue weighted by atomic mass is 10.2. The zero-order chi connectivity index (χ0) is 22.5. The topological polar surface area (TPSA) is 118 Å². The van der Waals surface area contributed by atoms with E-state index in [0.29, 0.717) is 40.5 Å². The zero-order valence-corrected chi connectivity index (χ0v) is 17.8. The molecule has 4 rings (SSSR count). The van der Waals surface area contributed by atoms with Gasteiger partial charge in [0, 0.05) is 24.3 Å². The first kappa shape index (κ1) is 21.6. The van der Waals surface area contributed by atoms with Crippen LogP contribution in [0.1, 0.15) is 27.1 Å². The number of amides is 3. The molecule has 0 aliphatic carbocycles. The molecule has 3 amide bonds. The lowest BCUT2D eigenvalue weighted by molar-refractivity contribution is -0.121. The van der Waals surface area contributed by atoms with E-state index >= 15 is 0 Å². The number of nitrogens with one attached hydrogen (secondary N) is 2. The molecule has 11 heteroatoms. The monoisotopic (exact) mass is 456 g/mol. The number of benzene rings is 1. The third-order valence-corrected chi connectivity index (χ3v) is 5.14. The van der Waals surface area contributed by atoms with Gasteiger partial charge < -0.3 is 20.3 Å². The molecule has 1 aliphatic rings. The van der Waals surface area contributed by atoms with Gasteiger partial charge in [-0.25, -0.2) is 9.50 Å². The molecule has 0 bridgehead atoms. The summed E-state index contributed by atoms with van der Waals surface area (Å²) in [4.78, 5) is 43.6. The second kappa shape index (κ2) is 9.65. The smallest absolute Gasteiger partial charge is 0.255 e. The van der Waals surface area contributed by atoms with Gasteiger partial charge >= 0.3 is 0 Å². The van der Waals surface area contributed by atoms with Gasteiger partial charge in [-0.3, -0.25) is 14.4 Å². The highest BCUT2D eigenvalue weighted by atomic mass is 35.5. The zero-order valence-electron chi connectivity index (χ0n) is 17.1. The molecular weight excluding hydrogens is 436 g/mol. The van der Waals surface area contributed by atoms with E-state index in [-0.39, 0.29) is 44.0 Å². The molecule has 32 heavy (non-hydrogen) atoms. The van der Waals surface area contributed by atoms with Crippen LogP contribution in [0.5, 0.6) is 5.75 Å². The minimum Gasteiger partial charge on any atom is -0.491 e. The Morgan fingerprint density at radius 1 is 1.12 bits per heavy atom. The number of nitrogens with zero attached hydrogens (tertiary/aromatic N) is 4. The summed E-state index contributed by atoms with van der Waals surface area (Å²) in [6.07, 6.45) is 3.42. The quantitative estimate of drug-likeness (QED) is 0.567. The molecule has 0 saturated heterocycles. The fourth-order valence-electron chi connectivity index (χ4n) is 3.33. The Morgan fingerprint density at radius 3 is 2.88 bits per heavy atom. The molecule has 0 atom stereocenters. The number of carbonyl (C=O) groups is 3. The number of carbonyl (C=O) groups excluding carboxylic acids is 3. The van der Waals surface area contributed by atoms with Gasteiger partial charge in [0.2, 0.25) is 5.91 Å². The normalized spacial score (nSPS) is 15.8. The molecule has 0 unspecified atom stereocenters. The molecule has 0 radical (unpaired) electrons. The largest absolute Gasteiger partial charge is 0.491 e. The Bertz CT molecular complexity index is 1160. The summed E-state index contributed by atoms with van der Waals surface area (Å²) >= 11 is 6.03. The lowest BCUT2D eigenvalue weighted by Gasteiger charge is -2.23. The Morgan fingerprint density at radius 2 is 2.00 bits per heavy atom. The maximum Gasteiger partial charge on any atom is 0.255 e. The molecule has 1 aliphatic heterocycles. The number of fused-ring (bicyclic) bond motifs is 2. The van der Waals surface area contributed by atoms with Crippen LogP contribution in [0.3, 0.4) is 0 Å². The molecule has 2 aromatic heterocycles.